The number of ether oxygens (including phenoxy) is 1. The van der Waals surface area contributed by atoms with Gasteiger partial charge in [-0.05, 0) is 74.0 Å². The van der Waals surface area contributed by atoms with E-state index in [4.69, 9.17) is 4.74 Å². The molecule has 3 aromatic carbocycles. The number of rotatable bonds is 7. The van der Waals surface area contributed by atoms with Crippen molar-refractivity contribution in [2.24, 2.45) is 0 Å². The zero-order chi connectivity index (χ0) is 22.2. The summed E-state index contributed by atoms with van der Waals surface area (Å²) in [5.41, 5.74) is 3.04. The van der Waals surface area contributed by atoms with Crippen molar-refractivity contribution in [3.63, 3.8) is 0 Å². The van der Waals surface area contributed by atoms with E-state index in [0.29, 0.717) is 17.9 Å². The molecule has 2 amide bonds. The Morgan fingerprint density at radius 3 is 2.19 bits per heavy atom. The Balaban J connectivity index is 1.86. The molecular formula is C25H23BrN2O3. The molecule has 0 spiro atoms. The summed E-state index contributed by atoms with van der Waals surface area (Å²) in [6.07, 6.45) is 1.63. The summed E-state index contributed by atoms with van der Waals surface area (Å²) < 4.78 is 6.37. The van der Waals surface area contributed by atoms with E-state index in [-0.39, 0.29) is 11.6 Å². The Labute approximate surface area is 190 Å². The summed E-state index contributed by atoms with van der Waals surface area (Å²) in [7, 11) is 0. The number of hydrogen-bond acceptors (Lipinski definition) is 3. The second kappa shape index (κ2) is 10.6. The van der Waals surface area contributed by atoms with Crippen molar-refractivity contribution in [1.82, 2.24) is 5.32 Å². The van der Waals surface area contributed by atoms with Gasteiger partial charge in [-0.3, -0.25) is 9.59 Å². The highest BCUT2D eigenvalue weighted by Crippen LogP contribution is 2.17. The minimum atomic E-state index is -0.420. The summed E-state index contributed by atoms with van der Waals surface area (Å²) in [5, 5.41) is 5.56. The van der Waals surface area contributed by atoms with E-state index in [2.05, 4.69) is 26.6 Å². The van der Waals surface area contributed by atoms with Gasteiger partial charge in [0.1, 0.15) is 11.4 Å². The first-order chi connectivity index (χ1) is 14.9. The second-order valence-corrected chi connectivity index (χ2v) is 7.76. The van der Waals surface area contributed by atoms with Crippen LogP contribution in [0.25, 0.3) is 6.08 Å². The first-order valence-electron chi connectivity index (χ1n) is 9.84. The lowest BCUT2D eigenvalue weighted by molar-refractivity contribution is -0.113. The van der Waals surface area contributed by atoms with Gasteiger partial charge in [-0.25, -0.2) is 0 Å². The summed E-state index contributed by atoms with van der Waals surface area (Å²) >= 11 is 3.37. The smallest absolute Gasteiger partial charge is 0.272 e. The third-order valence-corrected chi connectivity index (χ3v) is 4.94. The quantitative estimate of drug-likeness (QED) is 0.436. The Morgan fingerprint density at radius 1 is 0.935 bits per heavy atom. The molecule has 2 N–H and O–H groups in total. The topological polar surface area (TPSA) is 67.4 Å². The Morgan fingerprint density at radius 2 is 1.58 bits per heavy atom. The molecule has 3 aromatic rings. The Kier molecular flexibility index (Phi) is 7.62. The number of anilines is 1. The largest absolute Gasteiger partial charge is 0.494 e. The van der Waals surface area contributed by atoms with Crippen molar-refractivity contribution < 1.29 is 14.3 Å². The van der Waals surface area contributed by atoms with E-state index in [1.54, 1.807) is 30.3 Å². The van der Waals surface area contributed by atoms with Crippen LogP contribution in [-0.2, 0) is 4.79 Å². The van der Waals surface area contributed by atoms with Crippen LogP contribution < -0.4 is 15.4 Å². The monoisotopic (exact) mass is 478 g/mol. The fraction of sp³-hybridized carbons (Fsp3) is 0.120. The molecule has 31 heavy (non-hydrogen) atoms. The average molecular weight is 479 g/mol. The molecule has 158 valence electrons. The Bertz CT molecular complexity index is 1070. The molecule has 0 fully saturated rings. The number of amides is 2. The van der Waals surface area contributed by atoms with Gasteiger partial charge < -0.3 is 15.4 Å². The standard InChI is InChI=1S/C25H23BrN2O3/c1-3-31-22-14-6-18(7-15-22)16-23(25(30)27-21-12-10-20(26)11-13-21)28-24(29)19-8-4-17(2)5-9-19/h4-16H,3H2,1-2H3,(H,27,30)(H,28,29)/b23-16-. The number of benzene rings is 3. The minimum Gasteiger partial charge on any atom is -0.494 e. The molecule has 0 bridgehead atoms. The van der Waals surface area contributed by atoms with Crippen LogP contribution in [0.2, 0.25) is 0 Å². The molecular weight excluding hydrogens is 456 g/mol. The SMILES string of the molecule is CCOc1ccc(/C=C(\NC(=O)c2ccc(C)cc2)C(=O)Nc2ccc(Br)cc2)cc1. The van der Waals surface area contributed by atoms with Gasteiger partial charge in [0.05, 0.1) is 6.61 Å². The van der Waals surface area contributed by atoms with Gasteiger partial charge in [0, 0.05) is 15.7 Å². The molecule has 0 saturated heterocycles. The van der Waals surface area contributed by atoms with Crippen molar-refractivity contribution in [1.29, 1.82) is 0 Å². The molecule has 6 heteroatoms. The number of halogens is 1. The van der Waals surface area contributed by atoms with Crippen molar-refractivity contribution in [3.8, 4) is 5.75 Å². The molecule has 0 heterocycles. The predicted octanol–water partition coefficient (Wildman–Crippen LogP) is 5.57. The van der Waals surface area contributed by atoms with Crippen molar-refractivity contribution in [2.45, 2.75) is 13.8 Å². The van der Waals surface area contributed by atoms with Crippen LogP contribution in [0.5, 0.6) is 5.75 Å². The highest BCUT2D eigenvalue weighted by molar-refractivity contribution is 9.10. The fourth-order valence-electron chi connectivity index (χ4n) is 2.78. The third-order valence-electron chi connectivity index (χ3n) is 4.41. The maximum atomic E-state index is 13.0. The summed E-state index contributed by atoms with van der Waals surface area (Å²) in [5.74, 6) is -0.0379. The van der Waals surface area contributed by atoms with E-state index in [1.165, 1.54) is 0 Å². The third kappa shape index (κ3) is 6.55. The molecule has 0 unspecified atom stereocenters. The minimum absolute atomic E-state index is 0.137. The molecule has 0 aliphatic heterocycles. The fourth-order valence-corrected chi connectivity index (χ4v) is 3.05. The zero-order valence-corrected chi connectivity index (χ0v) is 18.9. The van der Waals surface area contributed by atoms with Gasteiger partial charge in [-0.1, -0.05) is 45.8 Å². The molecule has 0 aliphatic carbocycles. The summed E-state index contributed by atoms with van der Waals surface area (Å²) in [6.45, 7) is 4.44. The summed E-state index contributed by atoms with van der Waals surface area (Å²) in [4.78, 5) is 25.7. The van der Waals surface area contributed by atoms with E-state index in [0.717, 1.165) is 21.3 Å². The first kappa shape index (κ1) is 22.3. The number of nitrogens with one attached hydrogen (secondary N) is 2. The molecule has 0 atom stereocenters. The van der Waals surface area contributed by atoms with Gasteiger partial charge in [0.2, 0.25) is 0 Å². The number of carbonyl (C=O) groups is 2. The van der Waals surface area contributed by atoms with E-state index >= 15 is 0 Å². The average Bonchev–Trinajstić information content (AvgIpc) is 2.76. The molecule has 3 rings (SSSR count). The molecule has 5 nitrogen and oxygen atoms in total. The number of hydrogen-bond donors (Lipinski definition) is 2. The van der Waals surface area contributed by atoms with Crippen LogP contribution in [0.1, 0.15) is 28.4 Å². The first-order valence-corrected chi connectivity index (χ1v) is 10.6. The second-order valence-electron chi connectivity index (χ2n) is 6.84. The van der Waals surface area contributed by atoms with Gasteiger partial charge in [-0.2, -0.15) is 0 Å². The van der Waals surface area contributed by atoms with Crippen molar-refractivity contribution in [3.05, 3.63) is 99.7 Å². The van der Waals surface area contributed by atoms with Crippen molar-refractivity contribution in [2.75, 3.05) is 11.9 Å². The van der Waals surface area contributed by atoms with Gasteiger partial charge in [0.15, 0.2) is 0 Å². The van der Waals surface area contributed by atoms with E-state index < -0.39 is 5.91 Å². The Hall–Kier alpha value is -3.38. The molecule has 0 aliphatic rings. The summed E-state index contributed by atoms with van der Waals surface area (Å²) in [6, 6.07) is 21.7. The lowest BCUT2D eigenvalue weighted by Gasteiger charge is -2.12. The molecule has 0 radical (unpaired) electrons. The number of aryl methyl sites for hydroxylation is 1. The predicted molar refractivity (Wildman–Crippen MR) is 127 cm³/mol. The highest BCUT2D eigenvalue weighted by atomic mass is 79.9. The van der Waals surface area contributed by atoms with Gasteiger partial charge in [0.25, 0.3) is 11.8 Å². The van der Waals surface area contributed by atoms with Crippen molar-refractivity contribution >= 4 is 39.5 Å². The van der Waals surface area contributed by atoms with Crippen LogP contribution >= 0.6 is 15.9 Å². The maximum Gasteiger partial charge on any atom is 0.272 e. The lowest BCUT2D eigenvalue weighted by atomic mass is 10.1. The van der Waals surface area contributed by atoms with E-state index in [9.17, 15) is 9.59 Å². The van der Waals surface area contributed by atoms with Crippen LogP contribution in [0.3, 0.4) is 0 Å². The van der Waals surface area contributed by atoms with Crippen LogP contribution in [0.4, 0.5) is 5.69 Å². The van der Waals surface area contributed by atoms with Gasteiger partial charge >= 0.3 is 0 Å². The maximum absolute atomic E-state index is 13.0. The molecule has 0 saturated carbocycles. The van der Waals surface area contributed by atoms with Gasteiger partial charge in [-0.15, -0.1) is 0 Å². The van der Waals surface area contributed by atoms with Crippen LogP contribution in [0, 0.1) is 6.92 Å². The lowest BCUT2D eigenvalue weighted by Crippen LogP contribution is -2.30. The zero-order valence-electron chi connectivity index (χ0n) is 17.3. The van der Waals surface area contributed by atoms with E-state index in [1.807, 2.05) is 62.4 Å². The van der Waals surface area contributed by atoms with Crippen LogP contribution in [0.15, 0.2) is 83.0 Å². The number of carbonyl (C=O) groups excluding carboxylic acids is 2. The van der Waals surface area contributed by atoms with Crippen LogP contribution in [-0.4, -0.2) is 18.4 Å². The molecule has 0 aromatic heterocycles. The highest BCUT2D eigenvalue weighted by Gasteiger charge is 2.15. The normalized spacial score (nSPS) is 11.0.